The van der Waals surface area contributed by atoms with Crippen LogP contribution in [0.15, 0.2) is 12.8 Å². The summed E-state index contributed by atoms with van der Waals surface area (Å²) in [5.41, 5.74) is -0.0324. The van der Waals surface area contributed by atoms with Gasteiger partial charge in [0.25, 0.3) is 0 Å². The van der Waals surface area contributed by atoms with E-state index in [1.54, 1.807) is 11.1 Å². The van der Waals surface area contributed by atoms with Gasteiger partial charge in [0.1, 0.15) is 0 Å². The molecule has 0 radical (unpaired) electrons. The van der Waals surface area contributed by atoms with Gasteiger partial charge in [-0.3, -0.25) is 4.79 Å². The van der Waals surface area contributed by atoms with E-state index >= 15 is 0 Å². The number of nitrogens with zero attached hydrogens (tertiary/aromatic N) is 1. The Morgan fingerprint density at radius 1 is 1.50 bits per heavy atom. The highest BCUT2D eigenvalue weighted by Gasteiger charge is 2.30. The summed E-state index contributed by atoms with van der Waals surface area (Å²) in [4.78, 5) is 13.3. The second-order valence-corrected chi connectivity index (χ2v) is 3.97. The van der Waals surface area contributed by atoms with Gasteiger partial charge in [0.2, 0.25) is 5.91 Å². The summed E-state index contributed by atoms with van der Waals surface area (Å²) >= 11 is 0. The molecule has 68 valence electrons. The summed E-state index contributed by atoms with van der Waals surface area (Å²) in [6, 6.07) is 0. The predicted molar refractivity (Wildman–Crippen MR) is 49.6 cm³/mol. The molecule has 1 heterocycles. The predicted octanol–water partition coefficient (Wildman–Crippen LogP) is 2.31. The molecule has 1 amide bonds. The molecule has 0 aromatic heterocycles. The number of carbonyl (C=O) groups excluding carboxylic acids is 1. The monoisotopic (exact) mass is 167 g/mol. The Kier molecular flexibility index (Phi) is 2.55. The summed E-state index contributed by atoms with van der Waals surface area (Å²) < 4.78 is 0. The Labute approximate surface area is 74.2 Å². The lowest BCUT2D eigenvalue weighted by molar-refractivity contribution is -0.131. The normalized spacial score (nSPS) is 23.5. The fourth-order valence-corrected chi connectivity index (χ4v) is 1.76. The molecule has 12 heavy (non-hydrogen) atoms. The van der Waals surface area contributed by atoms with Crippen LogP contribution < -0.4 is 0 Å². The minimum absolute atomic E-state index is 0.0324. The van der Waals surface area contributed by atoms with Crippen molar-refractivity contribution in [3.63, 3.8) is 0 Å². The van der Waals surface area contributed by atoms with Gasteiger partial charge in [-0.25, -0.2) is 0 Å². The Bertz CT molecular complexity index is 196. The summed E-state index contributed by atoms with van der Waals surface area (Å²) in [6.07, 6.45) is 5.57. The highest BCUT2D eigenvalue weighted by Crippen LogP contribution is 2.26. The van der Waals surface area contributed by atoms with Gasteiger partial charge in [-0.05, 0) is 26.7 Å². The van der Waals surface area contributed by atoms with Crippen LogP contribution in [-0.4, -0.2) is 16.3 Å². The largest absolute Gasteiger partial charge is 0.314 e. The second-order valence-electron chi connectivity index (χ2n) is 3.97. The molecule has 0 aromatic carbocycles. The van der Waals surface area contributed by atoms with Crippen LogP contribution in [0, 0.1) is 0 Å². The van der Waals surface area contributed by atoms with Gasteiger partial charge >= 0.3 is 0 Å². The van der Waals surface area contributed by atoms with E-state index in [1.165, 1.54) is 0 Å². The third-order valence-electron chi connectivity index (χ3n) is 2.53. The lowest BCUT2D eigenvalue weighted by Gasteiger charge is -2.34. The smallest absolute Gasteiger partial charge is 0.226 e. The van der Waals surface area contributed by atoms with E-state index in [-0.39, 0.29) is 11.4 Å². The Balaban J connectivity index is 2.84. The molecule has 2 nitrogen and oxygen atoms in total. The number of amides is 1. The quantitative estimate of drug-likeness (QED) is 0.587. The molecule has 0 unspecified atom stereocenters. The average Bonchev–Trinajstić information content (AvgIpc) is 2.09. The highest BCUT2D eigenvalue weighted by molar-refractivity contribution is 5.78. The van der Waals surface area contributed by atoms with Crippen LogP contribution in [-0.2, 0) is 4.79 Å². The Morgan fingerprint density at radius 3 is 2.75 bits per heavy atom. The fraction of sp³-hybridized carbons (Fsp3) is 0.700. The molecule has 1 saturated heterocycles. The van der Waals surface area contributed by atoms with Crippen molar-refractivity contribution >= 4 is 5.91 Å². The van der Waals surface area contributed by atoms with E-state index in [9.17, 15) is 4.79 Å². The van der Waals surface area contributed by atoms with Gasteiger partial charge in [-0.15, -0.1) is 0 Å². The maximum atomic E-state index is 11.5. The zero-order chi connectivity index (χ0) is 9.19. The maximum Gasteiger partial charge on any atom is 0.226 e. The van der Waals surface area contributed by atoms with E-state index in [0.717, 1.165) is 19.3 Å². The third-order valence-corrected chi connectivity index (χ3v) is 2.53. The molecule has 0 spiro atoms. The van der Waals surface area contributed by atoms with Crippen LogP contribution in [0.4, 0.5) is 0 Å². The molecule has 0 aliphatic carbocycles. The van der Waals surface area contributed by atoms with E-state index < -0.39 is 0 Å². The van der Waals surface area contributed by atoms with Crippen molar-refractivity contribution < 1.29 is 4.79 Å². The van der Waals surface area contributed by atoms with Crippen LogP contribution in [0.5, 0.6) is 0 Å². The number of hydrogen-bond acceptors (Lipinski definition) is 1. The molecular weight excluding hydrogens is 150 g/mol. The molecule has 0 atom stereocenters. The molecule has 0 bridgehead atoms. The van der Waals surface area contributed by atoms with Crippen molar-refractivity contribution in [1.29, 1.82) is 0 Å². The van der Waals surface area contributed by atoms with E-state index in [4.69, 9.17) is 0 Å². The van der Waals surface area contributed by atoms with E-state index in [1.807, 2.05) is 0 Å². The first-order valence-electron chi connectivity index (χ1n) is 4.52. The van der Waals surface area contributed by atoms with Crippen molar-refractivity contribution in [2.45, 2.75) is 45.1 Å². The Hall–Kier alpha value is -0.790. The highest BCUT2D eigenvalue weighted by atomic mass is 16.2. The topological polar surface area (TPSA) is 20.3 Å². The lowest BCUT2D eigenvalue weighted by Crippen LogP contribution is -2.42. The van der Waals surface area contributed by atoms with Crippen molar-refractivity contribution in [3.05, 3.63) is 12.8 Å². The van der Waals surface area contributed by atoms with Gasteiger partial charge < -0.3 is 4.90 Å². The van der Waals surface area contributed by atoms with Crippen molar-refractivity contribution in [1.82, 2.24) is 4.90 Å². The van der Waals surface area contributed by atoms with E-state index in [2.05, 4.69) is 20.4 Å². The molecule has 1 fully saturated rings. The zero-order valence-corrected chi connectivity index (χ0v) is 7.97. The standard InChI is InChI=1S/C10H17NO/c1-4-11-9(12)7-5-6-8-10(11,2)3/h4H,1,5-8H2,2-3H3. The van der Waals surface area contributed by atoms with Crippen molar-refractivity contribution in [2.24, 2.45) is 0 Å². The van der Waals surface area contributed by atoms with Gasteiger partial charge in [0, 0.05) is 18.2 Å². The third kappa shape index (κ3) is 1.68. The second kappa shape index (κ2) is 3.30. The first-order valence-corrected chi connectivity index (χ1v) is 4.52. The number of carbonyl (C=O) groups is 1. The zero-order valence-electron chi connectivity index (χ0n) is 7.97. The van der Waals surface area contributed by atoms with E-state index in [0.29, 0.717) is 6.42 Å². The summed E-state index contributed by atoms with van der Waals surface area (Å²) in [7, 11) is 0. The fourth-order valence-electron chi connectivity index (χ4n) is 1.76. The number of hydrogen-bond donors (Lipinski definition) is 0. The Morgan fingerprint density at radius 2 is 2.17 bits per heavy atom. The number of likely N-dealkylation sites (tertiary alicyclic amines) is 1. The van der Waals surface area contributed by atoms with Crippen LogP contribution in [0.25, 0.3) is 0 Å². The molecule has 0 N–H and O–H groups in total. The van der Waals surface area contributed by atoms with Gasteiger partial charge in [0.15, 0.2) is 0 Å². The van der Waals surface area contributed by atoms with Gasteiger partial charge in [-0.2, -0.15) is 0 Å². The molecule has 0 aromatic rings. The van der Waals surface area contributed by atoms with Crippen LogP contribution in [0.2, 0.25) is 0 Å². The van der Waals surface area contributed by atoms with Crippen LogP contribution in [0.1, 0.15) is 39.5 Å². The first kappa shape index (κ1) is 9.30. The average molecular weight is 167 g/mol. The molecule has 1 aliphatic rings. The summed E-state index contributed by atoms with van der Waals surface area (Å²) in [5, 5.41) is 0. The van der Waals surface area contributed by atoms with Gasteiger partial charge in [-0.1, -0.05) is 13.0 Å². The van der Waals surface area contributed by atoms with Gasteiger partial charge in [0.05, 0.1) is 0 Å². The molecule has 1 rings (SSSR count). The molecule has 0 saturated carbocycles. The number of rotatable bonds is 1. The minimum Gasteiger partial charge on any atom is -0.314 e. The van der Waals surface area contributed by atoms with Crippen LogP contribution in [0.3, 0.4) is 0 Å². The minimum atomic E-state index is -0.0324. The SMILES string of the molecule is C=CN1C(=O)CCCCC1(C)C. The summed E-state index contributed by atoms with van der Waals surface area (Å²) in [5.74, 6) is 0.215. The maximum absolute atomic E-state index is 11.5. The molecular formula is C10H17NO. The van der Waals surface area contributed by atoms with Crippen molar-refractivity contribution in [2.75, 3.05) is 0 Å². The van der Waals surface area contributed by atoms with Crippen LogP contribution >= 0.6 is 0 Å². The molecule has 2 heteroatoms. The first-order chi connectivity index (χ1) is 5.58. The van der Waals surface area contributed by atoms with Crippen molar-refractivity contribution in [3.8, 4) is 0 Å². The lowest BCUT2D eigenvalue weighted by atomic mass is 9.97. The molecule has 1 aliphatic heterocycles. The summed E-state index contributed by atoms with van der Waals surface area (Å²) in [6.45, 7) is 7.87.